The van der Waals surface area contributed by atoms with Crippen LogP contribution in [0.2, 0.25) is 0 Å². The van der Waals surface area contributed by atoms with E-state index in [4.69, 9.17) is 9.47 Å². The van der Waals surface area contributed by atoms with Crippen molar-refractivity contribution in [1.82, 2.24) is 9.88 Å². The summed E-state index contributed by atoms with van der Waals surface area (Å²) >= 11 is 0. The molecular weight excluding hydrogens is 380 g/mol. The fourth-order valence-corrected chi connectivity index (χ4v) is 4.36. The van der Waals surface area contributed by atoms with Crippen molar-refractivity contribution in [3.8, 4) is 11.5 Å². The molecule has 0 aliphatic carbocycles. The number of rotatable bonds is 4. The van der Waals surface area contributed by atoms with Crippen molar-refractivity contribution >= 4 is 16.8 Å². The van der Waals surface area contributed by atoms with Crippen LogP contribution in [0.5, 0.6) is 11.5 Å². The van der Waals surface area contributed by atoms with Gasteiger partial charge in [-0.2, -0.15) is 0 Å². The van der Waals surface area contributed by atoms with E-state index in [1.54, 1.807) is 19.1 Å². The first-order valence-electron chi connectivity index (χ1n) is 10.1. The highest BCUT2D eigenvalue weighted by atomic mass is 16.5. The van der Waals surface area contributed by atoms with Gasteiger partial charge < -0.3 is 19.4 Å². The number of ether oxygens (including phenoxy) is 2. The van der Waals surface area contributed by atoms with Crippen LogP contribution in [0.25, 0.3) is 10.9 Å². The van der Waals surface area contributed by atoms with Gasteiger partial charge in [0.05, 0.1) is 25.8 Å². The minimum absolute atomic E-state index is 0.0178. The molecule has 0 saturated heterocycles. The smallest absolute Gasteiger partial charge is 0.254 e. The molecule has 6 nitrogen and oxygen atoms in total. The summed E-state index contributed by atoms with van der Waals surface area (Å²) in [6.07, 6.45) is 1.08. The number of benzene rings is 2. The number of para-hydroxylation sites is 1. The first kappa shape index (κ1) is 20.0. The lowest BCUT2D eigenvalue weighted by Gasteiger charge is -2.37. The number of H-pyrrole nitrogens is 1. The van der Waals surface area contributed by atoms with Crippen LogP contribution < -0.4 is 15.0 Å². The molecule has 0 saturated carbocycles. The molecule has 2 aromatic carbocycles. The second-order valence-corrected chi connectivity index (χ2v) is 7.59. The van der Waals surface area contributed by atoms with Crippen LogP contribution in [0.4, 0.5) is 0 Å². The summed E-state index contributed by atoms with van der Waals surface area (Å²) in [6.45, 7) is 4.36. The number of carbonyl (C=O) groups is 1. The molecule has 1 aliphatic heterocycles. The predicted octanol–water partition coefficient (Wildman–Crippen LogP) is 3.74. The number of nitrogens with one attached hydrogen (secondary N) is 1. The lowest BCUT2D eigenvalue weighted by Crippen LogP contribution is -2.42. The van der Waals surface area contributed by atoms with E-state index in [0.717, 1.165) is 27.6 Å². The van der Waals surface area contributed by atoms with Crippen LogP contribution >= 0.6 is 0 Å². The van der Waals surface area contributed by atoms with E-state index >= 15 is 0 Å². The summed E-state index contributed by atoms with van der Waals surface area (Å²) < 4.78 is 11.0. The zero-order chi connectivity index (χ0) is 21.4. The van der Waals surface area contributed by atoms with E-state index in [0.29, 0.717) is 36.4 Å². The van der Waals surface area contributed by atoms with E-state index in [1.807, 2.05) is 50.2 Å². The number of nitrogens with zero attached hydrogens (tertiary/aromatic N) is 1. The third-order valence-corrected chi connectivity index (χ3v) is 5.91. The fourth-order valence-electron chi connectivity index (χ4n) is 4.36. The average Bonchev–Trinajstić information content (AvgIpc) is 2.77. The molecule has 1 atom stereocenters. The quantitative estimate of drug-likeness (QED) is 0.717. The van der Waals surface area contributed by atoms with Gasteiger partial charge in [0.15, 0.2) is 11.5 Å². The van der Waals surface area contributed by atoms with Gasteiger partial charge in [0.2, 0.25) is 5.91 Å². The molecule has 0 fully saturated rings. The third kappa shape index (κ3) is 3.22. The zero-order valence-corrected chi connectivity index (χ0v) is 17.7. The molecule has 1 aliphatic rings. The van der Waals surface area contributed by atoms with E-state index in [-0.39, 0.29) is 11.5 Å². The highest BCUT2D eigenvalue weighted by molar-refractivity contribution is 5.83. The number of amides is 1. The number of hydrogen-bond donors (Lipinski definition) is 1. The van der Waals surface area contributed by atoms with Crippen molar-refractivity contribution in [3.63, 3.8) is 0 Å². The molecule has 156 valence electrons. The molecule has 1 aromatic heterocycles. The Hall–Kier alpha value is -3.28. The number of pyridine rings is 1. The van der Waals surface area contributed by atoms with Crippen LogP contribution in [-0.2, 0) is 11.2 Å². The largest absolute Gasteiger partial charge is 0.493 e. The van der Waals surface area contributed by atoms with Gasteiger partial charge in [-0.05, 0) is 53.6 Å². The molecule has 3 aromatic rings. The van der Waals surface area contributed by atoms with E-state index in [2.05, 4.69) is 4.98 Å². The summed E-state index contributed by atoms with van der Waals surface area (Å²) in [4.78, 5) is 30.8. The van der Waals surface area contributed by atoms with Crippen LogP contribution in [0.1, 0.15) is 41.6 Å². The Morgan fingerprint density at radius 1 is 1.13 bits per heavy atom. The topological polar surface area (TPSA) is 71.6 Å². The lowest BCUT2D eigenvalue weighted by molar-refractivity contribution is -0.132. The standard InChI is InChI=1S/C24H26N2O4/c1-5-21(27)26-10-9-15-12-19(29-3)20(30-4)13-17(15)23(26)18-11-16-8-6-7-14(2)22(16)25-24(18)28/h6-8,11-13,23H,5,9-10H2,1-4H3,(H,25,28). The highest BCUT2D eigenvalue weighted by Crippen LogP contribution is 2.40. The Morgan fingerprint density at radius 2 is 1.87 bits per heavy atom. The van der Waals surface area contributed by atoms with Crippen molar-refractivity contribution < 1.29 is 14.3 Å². The lowest BCUT2D eigenvalue weighted by atomic mass is 9.87. The number of methoxy groups -OCH3 is 2. The van der Waals surface area contributed by atoms with Crippen LogP contribution in [0.15, 0.2) is 41.2 Å². The molecule has 0 radical (unpaired) electrons. The molecule has 1 N–H and O–H groups in total. The maximum Gasteiger partial charge on any atom is 0.254 e. The van der Waals surface area contributed by atoms with Crippen molar-refractivity contribution in [2.24, 2.45) is 0 Å². The summed E-state index contributed by atoms with van der Waals surface area (Å²) in [6, 6.07) is 11.2. The van der Waals surface area contributed by atoms with E-state index < -0.39 is 6.04 Å². The second-order valence-electron chi connectivity index (χ2n) is 7.59. The van der Waals surface area contributed by atoms with Gasteiger partial charge in [-0.25, -0.2) is 0 Å². The van der Waals surface area contributed by atoms with Gasteiger partial charge in [0.1, 0.15) is 0 Å². The SMILES string of the molecule is CCC(=O)N1CCc2cc(OC)c(OC)cc2C1c1cc2cccc(C)c2[nH]c1=O. The maximum absolute atomic E-state index is 13.2. The number of fused-ring (bicyclic) bond motifs is 2. The average molecular weight is 406 g/mol. The van der Waals surface area contributed by atoms with Crippen molar-refractivity contribution in [2.75, 3.05) is 20.8 Å². The van der Waals surface area contributed by atoms with Gasteiger partial charge in [-0.15, -0.1) is 0 Å². The molecule has 1 unspecified atom stereocenters. The second kappa shape index (κ2) is 7.86. The van der Waals surface area contributed by atoms with Crippen LogP contribution in [0, 0.1) is 6.92 Å². The van der Waals surface area contributed by atoms with Crippen molar-refractivity contribution in [3.05, 3.63) is 69.0 Å². The normalized spacial score (nSPS) is 15.7. The summed E-state index contributed by atoms with van der Waals surface area (Å²) in [5.41, 5.74) is 4.16. The Bertz CT molecular complexity index is 1180. The molecule has 6 heteroatoms. The number of hydrogen-bond acceptors (Lipinski definition) is 4. The highest BCUT2D eigenvalue weighted by Gasteiger charge is 2.34. The maximum atomic E-state index is 13.2. The van der Waals surface area contributed by atoms with E-state index in [9.17, 15) is 9.59 Å². The van der Waals surface area contributed by atoms with Gasteiger partial charge >= 0.3 is 0 Å². The predicted molar refractivity (Wildman–Crippen MR) is 116 cm³/mol. The first-order chi connectivity index (χ1) is 14.5. The zero-order valence-electron chi connectivity index (χ0n) is 17.7. The molecule has 0 spiro atoms. The minimum Gasteiger partial charge on any atom is -0.493 e. The van der Waals surface area contributed by atoms with Crippen LogP contribution in [0.3, 0.4) is 0 Å². The van der Waals surface area contributed by atoms with Crippen molar-refractivity contribution in [2.45, 2.75) is 32.7 Å². The summed E-state index contributed by atoms with van der Waals surface area (Å²) in [7, 11) is 3.19. The Balaban J connectivity index is 1.98. The Labute approximate surface area is 175 Å². The number of aryl methyl sites for hydroxylation is 1. The van der Waals surface area contributed by atoms with Gasteiger partial charge in [0.25, 0.3) is 5.56 Å². The van der Waals surface area contributed by atoms with Gasteiger partial charge in [-0.1, -0.05) is 25.1 Å². The molecule has 0 bridgehead atoms. The third-order valence-electron chi connectivity index (χ3n) is 5.91. The monoisotopic (exact) mass is 406 g/mol. The number of aromatic nitrogens is 1. The molecule has 1 amide bonds. The Kier molecular flexibility index (Phi) is 5.24. The molecule has 30 heavy (non-hydrogen) atoms. The van der Waals surface area contributed by atoms with Crippen LogP contribution in [-0.4, -0.2) is 36.6 Å². The summed E-state index contributed by atoms with van der Waals surface area (Å²) in [5, 5.41) is 0.945. The fraction of sp³-hybridized carbons (Fsp3) is 0.333. The van der Waals surface area contributed by atoms with Gasteiger partial charge in [-0.3, -0.25) is 9.59 Å². The molecular formula is C24H26N2O4. The first-order valence-corrected chi connectivity index (χ1v) is 10.1. The Morgan fingerprint density at radius 3 is 2.57 bits per heavy atom. The minimum atomic E-state index is -0.477. The molecule has 2 heterocycles. The van der Waals surface area contributed by atoms with Gasteiger partial charge in [0, 0.05) is 18.5 Å². The summed E-state index contributed by atoms with van der Waals surface area (Å²) in [5.74, 6) is 1.25. The number of aromatic amines is 1. The number of carbonyl (C=O) groups excluding carboxylic acids is 1. The molecule has 4 rings (SSSR count). The van der Waals surface area contributed by atoms with Crippen molar-refractivity contribution in [1.29, 1.82) is 0 Å². The van der Waals surface area contributed by atoms with E-state index in [1.165, 1.54) is 0 Å².